The van der Waals surface area contributed by atoms with Gasteiger partial charge in [0.2, 0.25) is 5.91 Å². The number of rotatable bonds is 5. The van der Waals surface area contributed by atoms with Crippen molar-refractivity contribution in [3.8, 4) is 6.07 Å². The fraction of sp³-hybridized carbons (Fsp3) is 0.556. The van der Waals surface area contributed by atoms with Gasteiger partial charge in [0.1, 0.15) is 5.54 Å². The summed E-state index contributed by atoms with van der Waals surface area (Å²) in [6, 6.07) is 10.1. The van der Waals surface area contributed by atoms with Crippen molar-refractivity contribution in [2.45, 2.75) is 57.2 Å². The molecule has 1 N–H and O–H groups in total. The maximum absolute atomic E-state index is 12.6. The van der Waals surface area contributed by atoms with Crippen LogP contribution >= 0.6 is 15.9 Å². The number of amides is 1. The fourth-order valence-corrected chi connectivity index (χ4v) is 3.40. The predicted molar refractivity (Wildman–Crippen MR) is 94.6 cm³/mol. The van der Waals surface area contributed by atoms with E-state index in [0.29, 0.717) is 6.54 Å². The second-order valence-electron chi connectivity index (χ2n) is 6.43. The average molecular weight is 378 g/mol. The number of nitrogens with zero attached hydrogens (tertiary/aromatic N) is 2. The number of carbonyl (C=O) groups is 1. The Morgan fingerprint density at radius 3 is 2.65 bits per heavy atom. The van der Waals surface area contributed by atoms with Gasteiger partial charge < -0.3 is 5.32 Å². The van der Waals surface area contributed by atoms with Crippen LogP contribution in [-0.2, 0) is 11.3 Å². The Labute approximate surface area is 147 Å². The summed E-state index contributed by atoms with van der Waals surface area (Å²) in [6.45, 7) is 2.57. The summed E-state index contributed by atoms with van der Waals surface area (Å²) in [5.74, 6) is -0.0667. The molecule has 1 aliphatic rings. The molecular formula is C18H24BrN3O. The first-order chi connectivity index (χ1) is 11.0. The third-order valence-electron chi connectivity index (χ3n) is 4.70. The molecule has 2 rings (SSSR count). The van der Waals surface area contributed by atoms with Crippen molar-refractivity contribution in [3.63, 3.8) is 0 Å². The Bertz CT molecular complexity index is 590. The van der Waals surface area contributed by atoms with Crippen LogP contribution in [0.4, 0.5) is 0 Å². The minimum atomic E-state index is -0.669. The van der Waals surface area contributed by atoms with Crippen molar-refractivity contribution in [2.24, 2.45) is 0 Å². The summed E-state index contributed by atoms with van der Waals surface area (Å²) in [7, 11) is 1.93. The predicted octanol–water partition coefficient (Wildman–Crippen LogP) is 3.61. The van der Waals surface area contributed by atoms with E-state index in [1.165, 1.54) is 0 Å². The first kappa shape index (κ1) is 18.0. The third kappa shape index (κ3) is 4.55. The van der Waals surface area contributed by atoms with Gasteiger partial charge >= 0.3 is 0 Å². The van der Waals surface area contributed by atoms with Crippen LogP contribution in [0.25, 0.3) is 0 Å². The molecule has 1 atom stereocenters. The summed E-state index contributed by atoms with van der Waals surface area (Å²) >= 11 is 3.54. The summed E-state index contributed by atoms with van der Waals surface area (Å²) in [4.78, 5) is 14.6. The molecule has 1 aliphatic carbocycles. The van der Waals surface area contributed by atoms with Crippen molar-refractivity contribution in [2.75, 3.05) is 7.05 Å². The minimum Gasteiger partial charge on any atom is -0.336 e. The Kier molecular flexibility index (Phi) is 6.20. The van der Waals surface area contributed by atoms with Gasteiger partial charge in [0, 0.05) is 11.0 Å². The van der Waals surface area contributed by atoms with E-state index in [2.05, 4.69) is 27.3 Å². The average Bonchev–Trinajstić information content (AvgIpc) is 2.57. The zero-order valence-electron chi connectivity index (χ0n) is 13.8. The quantitative estimate of drug-likeness (QED) is 0.852. The second kappa shape index (κ2) is 7.94. The zero-order chi connectivity index (χ0) is 16.9. The zero-order valence-corrected chi connectivity index (χ0v) is 15.4. The van der Waals surface area contributed by atoms with E-state index >= 15 is 0 Å². The van der Waals surface area contributed by atoms with Crippen LogP contribution in [0.3, 0.4) is 0 Å². The molecule has 0 spiro atoms. The largest absolute Gasteiger partial charge is 0.336 e. The SMILES string of the molecule is CC(C(=O)NC1(C#N)CCCCC1)N(C)Cc1ccccc1Br. The van der Waals surface area contributed by atoms with Gasteiger partial charge in [-0.2, -0.15) is 5.26 Å². The molecule has 1 saturated carbocycles. The molecule has 5 heteroatoms. The topological polar surface area (TPSA) is 56.1 Å². The Balaban J connectivity index is 1.98. The lowest BCUT2D eigenvalue weighted by atomic mass is 9.82. The molecule has 1 amide bonds. The number of benzene rings is 1. The molecule has 23 heavy (non-hydrogen) atoms. The number of likely N-dealkylation sites (N-methyl/N-ethyl adjacent to an activating group) is 1. The monoisotopic (exact) mass is 377 g/mol. The molecule has 1 aromatic carbocycles. The number of hydrogen-bond donors (Lipinski definition) is 1. The lowest BCUT2D eigenvalue weighted by Crippen LogP contribution is -2.54. The highest BCUT2D eigenvalue weighted by Crippen LogP contribution is 2.28. The molecule has 1 unspecified atom stereocenters. The molecule has 1 fully saturated rings. The van der Waals surface area contributed by atoms with E-state index in [9.17, 15) is 10.1 Å². The highest BCUT2D eigenvalue weighted by molar-refractivity contribution is 9.10. The van der Waals surface area contributed by atoms with Crippen LogP contribution in [0.2, 0.25) is 0 Å². The molecule has 0 aliphatic heterocycles. The van der Waals surface area contributed by atoms with Gasteiger partial charge in [0.05, 0.1) is 12.1 Å². The van der Waals surface area contributed by atoms with E-state index in [-0.39, 0.29) is 11.9 Å². The van der Waals surface area contributed by atoms with Crippen molar-refractivity contribution in [3.05, 3.63) is 34.3 Å². The van der Waals surface area contributed by atoms with Crippen LogP contribution in [0, 0.1) is 11.3 Å². The number of nitrogens with one attached hydrogen (secondary N) is 1. The van der Waals surface area contributed by atoms with Crippen LogP contribution in [-0.4, -0.2) is 29.4 Å². The van der Waals surface area contributed by atoms with Gasteiger partial charge in [-0.1, -0.05) is 53.4 Å². The summed E-state index contributed by atoms with van der Waals surface area (Å²) in [5.41, 5.74) is 0.472. The first-order valence-electron chi connectivity index (χ1n) is 8.14. The number of nitriles is 1. The molecule has 1 aromatic rings. The van der Waals surface area contributed by atoms with Crippen LogP contribution in [0.15, 0.2) is 28.7 Å². The summed E-state index contributed by atoms with van der Waals surface area (Å²) < 4.78 is 1.04. The molecule has 0 aromatic heterocycles. The Morgan fingerprint density at radius 2 is 2.04 bits per heavy atom. The van der Waals surface area contributed by atoms with Crippen LogP contribution in [0.5, 0.6) is 0 Å². The van der Waals surface area contributed by atoms with Crippen molar-refractivity contribution in [1.82, 2.24) is 10.2 Å². The highest BCUT2D eigenvalue weighted by atomic mass is 79.9. The molecule has 0 heterocycles. The summed E-state index contributed by atoms with van der Waals surface area (Å²) in [5, 5.41) is 12.5. The maximum atomic E-state index is 12.6. The van der Waals surface area contributed by atoms with Gasteiger partial charge in [-0.25, -0.2) is 0 Å². The first-order valence-corrected chi connectivity index (χ1v) is 8.94. The normalized spacial score (nSPS) is 18.2. The molecule has 0 bridgehead atoms. The molecule has 0 radical (unpaired) electrons. The minimum absolute atomic E-state index is 0.0667. The van der Waals surface area contributed by atoms with Crippen molar-refractivity contribution in [1.29, 1.82) is 5.26 Å². The van der Waals surface area contributed by atoms with Gasteiger partial charge in [-0.15, -0.1) is 0 Å². The smallest absolute Gasteiger partial charge is 0.238 e. The highest BCUT2D eigenvalue weighted by Gasteiger charge is 2.35. The number of carbonyl (C=O) groups excluding carboxylic acids is 1. The molecule has 4 nitrogen and oxygen atoms in total. The van der Waals surface area contributed by atoms with E-state index in [1.807, 2.05) is 43.1 Å². The van der Waals surface area contributed by atoms with Crippen LogP contribution < -0.4 is 5.32 Å². The number of halogens is 1. The molecule has 124 valence electrons. The van der Waals surface area contributed by atoms with E-state index in [0.717, 1.165) is 42.1 Å². The Morgan fingerprint density at radius 1 is 1.39 bits per heavy atom. The number of hydrogen-bond acceptors (Lipinski definition) is 3. The van der Waals surface area contributed by atoms with Gasteiger partial charge in [-0.05, 0) is 38.4 Å². The Hall–Kier alpha value is -1.38. The lowest BCUT2D eigenvalue weighted by molar-refractivity contribution is -0.127. The third-order valence-corrected chi connectivity index (χ3v) is 5.48. The second-order valence-corrected chi connectivity index (χ2v) is 7.28. The maximum Gasteiger partial charge on any atom is 0.238 e. The van der Waals surface area contributed by atoms with E-state index in [4.69, 9.17) is 0 Å². The van der Waals surface area contributed by atoms with Crippen molar-refractivity contribution >= 4 is 21.8 Å². The van der Waals surface area contributed by atoms with Gasteiger partial charge in [0.25, 0.3) is 0 Å². The standard InChI is InChI=1S/C18H24BrN3O/c1-14(22(2)12-15-8-4-5-9-16(15)19)17(23)21-18(13-20)10-6-3-7-11-18/h4-5,8-9,14H,3,6-7,10-12H2,1-2H3,(H,21,23). The molecule has 0 saturated heterocycles. The van der Waals surface area contributed by atoms with Crippen molar-refractivity contribution < 1.29 is 4.79 Å². The van der Waals surface area contributed by atoms with Crippen LogP contribution in [0.1, 0.15) is 44.6 Å². The lowest BCUT2D eigenvalue weighted by Gasteiger charge is -2.34. The van der Waals surface area contributed by atoms with Gasteiger partial charge in [0.15, 0.2) is 0 Å². The van der Waals surface area contributed by atoms with E-state index in [1.54, 1.807) is 0 Å². The fourth-order valence-electron chi connectivity index (χ4n) is 2.99. The molecular weight excluding hydrogens is 354 g/mol. The summed E-state index contributed by atoms with van der Waals surface area (Å²) in [6.07, 6.45) is 4.69. The van der Waals surface area contributed by atoms with E-state index < -0.39 is 5.54 Å². The van der Waals surface area contributed by atoms with Gasteiger partial charge in [-0.3, -0.25) is 9.69 Å².